The molecule has 0 radical (unpaired) electrons. The largest absolute Gasteiger partial charge is 0.470 e. The number of para-hydroxylation sites is 1. The summed E-state index contributed by atoms with van der Waals surface area (Å²) in [4.78, 5) is 18.2. The van der Waals surface area contributed by atoms with Gasteiger partial charge in [-0.25, -0.2) is 17.8 Å². The summed E-state index contributed by atoms with van der Waals surface area (Å²) in [7, 11) is -0.752. The molecule has 1 N–H and O–H groups in total. The molecule has 0 fully saturated rings. The molecular weight excluding hydrogens is 571 g/mol. The van der Waals surface area contributed by atoms with Gasteiger partial charge in [-0.15, -0.1) is 0 Å². The smallest absolute Gasteiger partial charge is 0.255 e. The molecule has 7 rings (SSSR count). The highest BCUT2D eigenvalue weighted by atomic mass is 32.2. The van der Waals surface area contributed by atoms with E-state index in [-0.39, 0.29) is 16.9 Å². The summed E-state index contributed by atoms with van der Waals surface area (Å²) >= 11 is 0. The molecule has 0 spiro atoms. The predicted molar refractivity (Wildman–Crippen MR) is 163 cm³/mol. The summed E-state index contributed by atoms with van der Waals surface area (Å²) in [6, 6.07) is 22.5. The molecule has 0 saturated carbocycles. The SMILES string of the molecule is CNC(=O)c1c(-c2ccc(F)cc2)oc2cc(N(C)S(C)(=O)=O)c(-c3ccc4c(n3)-c3cc5ccccc5n3CO4)cc12. The molecule has 1 amide bonds. The van der Waals surface area contributed by atoms with E-state index in [2.05, 4.69) is 11.4 Å². The van der Waals surface area contributed by atoms with Gasteiger partial charge in [-0.3, -0.25) is 9.10 Å². The molecule has 4 heterocycles. The van der Waals surface area contributed by atoms with Gasteiger partial charge in [-0.2, -0.15) is 0 Å². The van der Waals surface area contributed by atoms with Gasteiger partial charge in [0.1, 0.15) is 28.6 Å². The average Bonchev–Trinajstić information content (AvgIpc) is 3.58. The Balaban J connectivity index is 1.49. The Hall–Kier alpha value is -5.16. The van der Waals surface area contributed by atoms with Gasteiger partial charge in [0.25, 0.3) is 5.91 Å². The number of hydrogen-bond acceptors (Lipinski definition) is 6. The van der Waals surface area contributed by atoms with E-state index in [4.69, 9.17) is 14.1 Å². The summed E-state index contributed by atoms with van der Waals surface area (Å²) in [5, 5.41) is 4.14. The summed E-state index contributed by atoms with van der Waals surface area (Å²) in [6.45, 7) is 0.335. The van der Waals surface area contributed by atoms with E-state index in [0.717, 1.165) is 27.2 Å². The van der Waals surface area contributed by atoms with Crippen molar-refractivity contribution < 1.29 is 26.8 Å². The van der Waals surface area contributed by atoms with Crippen LogP contribution in [-0.2, 0) is 16.8 Å². The lowest BCUT2D eigenvalue weighted by atomic mass is 10.0. The van der Waals surface area contributed by atoms with Gasteiger partial charge in [0.05, 0.1) is 34.4 Å². The number of ether oxygens (including phenoxy) is 1. The molecule has 0 atom stereocenters. The Morgan fingerprint density at radius 3 is 2.56 bits per heavy atom. The third kappa shape index (κ3) is 4.31. The minimum Gasteiger partial charge on any atom is -0.470 e. The summed E-state index contributed by atoms with van der Waals surface area (Å²) < 4.78 is 54.7. The van der Waals surface area contributed by atoms with E-state index >= 15 is 0 Å². The van der Waals surface area contributed by atoms with E-state index < -0.39 is 21.7 Å². The van der Waals surface area contributed by atoms with Gasteiger partial charge < -0.3 is 19.0 Å². The summed E-state index contributed by atoms with van der Waals surface area (Å²) in [5.41, 5.74) is 4.75. The molecule has 1 aliphatic heterocycles. The van der Waals surface area contributed by atoms with Crippen LogP contribution in [0, 0.1) is 5.82 Å². The molecule has 6 aromatic rings. The van der Waals surface area contributed by atoms with Gasteiger partial charge in [0, 0.05) is 42.1 Å². The fourth-order valence-corrected chi connectivity index (χ4v) is 6.02. The van der Waals surface area contributed by atoms with Crippen molar-refractivity contribution in [3.05, 3.63) is 90.2 Å². The van der Waals surface area contributed by atoms with Gasteiger partial charge in [0.15, 0.2) is 6.73 Å². The number of aromatic nitrogens is 2. The number of carbonyl (C=O) groups is 1. The fourth-order valence-electron chi connectivity index (χ4n) is 5.51. The zero-order chi connectivity index (χ0) is 30.0. The molecule has 1 aliphatic rings. The molecule has 0 saturated heterocycles. The minimum absolute atomic E-state index is 0.232. The predicted octanol–water partition coefficient (Wildman–Crippen LogP) is 6.03. The number of furan rings is 1. The van der Waals surface area contributed by atoms with Crippen molar-refractivity contribution in [3.63, 3.8) is 0 Å². The van der Waals surface area contributed by atoms with E-state index in [9.17, 15) is 17.6 Å². The highest BCUT2D eigenvalue weighted by molar-refractivity contribution is 7.92. The second-order valence-electron chi connectivity index (χ2n) is 10.3. The van der Waals surface area contributed by atoms with Crippen LogP contribution < -0.4 is 14.4 Å². The second-order valence-corrected chi connectivity index (χ2v) is 12.3. The third-order valence-corrected chi connectivity index (χ3v) is 8.93. The monoisotopic (exact) mass is 596 g/mol. The Bertz CT molecular complexity index is 2200. The Labute approximate surface area is 246 Å². The molecule has 0 bridgehead atoms. The quantitative estimate of drug-likeness (QED) is 0.261. The molecule has 216 valence electrons. The van der Waals surface area contributed by atoms with Crippen molar-refractivity contribution in [3.8, 4) is 39.7 Å². The number of carbonyl (C=O) groups excluding carboxylic acids is 1. The van der Waals surface area contributed by atoms with Crippen LogP contribution in [0.25, 0.3) is 55.8 Å². The molecule has 9 nitrogen and oxygen atoms in total. The number of sulfonamides is 1. The van der Waals surface area contributed by atoms with Crippen LogP contribution in [0.5, 0.6) is 5.75 Å². The van der Waals surface area contributed by atoms with Crippen LogP contribution in [0.3, 0.4) is 0 Å². The second kappa shape index (κ2) is 9.70. The topological polar surface area (TPSA) is 107 Å². The Kier molecular flexibility index (Phi) is 6.03. The van der Waals surface area contributed by atoms with Crippen molar-refractivity contribution in [2.24, 2.45) is 0 Å². The first-order chi connectivity index (χ1) is 20.6. The van der Waals surface area contributed by atoms with Gasteiger partial charge in [-0.05, 0) is 54.6 Å². The number of amides is 1. The summed E-state index contributed by atoms with van der Waals surface area (Å²) in [6.07, 6.45) is 1.11. The Morgan fingerprint density at radius 1 is 1.05 bits per heavy atom. The highest BCUT2D eigenvalue weighted by Gasteiger charge is 2.28. The maximum absolute atomic E-state index is 13.7. The zero-order valence-corrected chi connectivity index (χ0v) is 24.2. The van der Waals surface area contributed by atoms with Gasteiger partial charge in [0.2, 0.25) is 10.0 Å². The fraction of sp³-hybridized carbons (Fsp3) is 0.125. The third-order valence-electron chi connectivity index (χ3n) is 7.74. The van der Waals surface area contributed by atoms with Crippen LogP contribution in [0.1, 0.15) is 10.4 Å². The molecule has 11 heteroatoms. The number of halogens is 1. The zero-order valence-electron chi connectivity index (χ0n) is 23.4. The lowest BCUT2D eigenvalue weighted by Gasteiger charge is -2.23. The maximum atomic E-state index is 13.7. The molecule has 3 aromatic carbocycles. The number of hydrogen-bond donors (Lipinski definition) is 1. The van der Waals surface area contributed by atoms with Crippen molar-refractivity contribution in [2.45, 2.75) is 6.73 Å². The first kappa shape index (κ1) is 26.7. The van der Waals surface area contributed by atoms with Crippen LogP contribution >= 0.6 is 0 Å². The molecule has 0 unspecified atom stereocenters. The Morgan fingerprint density at radius 2 is 1.81 bits per heavy atom. The molecule has 43 heavy (non-hydrogen) atoms. The normalized spacial score (nSPS) is 12.6. The average molecular weight is 597 g/mol. The summed E-state index contributed by atoms with van der Waals surface area (Å²) in [5.74, 6) is -0.00588. The number of nitrogens with zero attached hydrogens (tertiary/aromatic N) is 3. The molecular formula is C32H25FN4O5S. The molecule has 0 aliphatic carbocycles. The number of anilines is 1. The van der Waals surface area contributed by atoms with Crippen LogP contribution in [0.2, 0.25) is 0 Å². The number of rotatable bonds is 5. The van der Waals surface area contributed by atoms with Gasteiger partial charge in [-0.1, -0.05) is 18.2 Å². The van der Waals surface area contributed by atoms with Crippen molar-refractivity contribution >= 4 is 43.5 Å². The van der Waals surface area contributed by atoms with E-state index in [1.165, 1.54) is 38.4 Å². The first-order valence-corrected chi connectivity index (χ1v) is 15.2. The van der Waals surface area contributed by atoms with E-state index in [1.54, 1.807) is 18.2 Å². The van der Waals surface area contributed by atoms with Crippen molar-refractivity contribution in [1.29, 1.82) is 0 Å². The number of pyridine rings is 1. The lowest BCUT2D eigenvalue weighted by Crippen LogP contribution is -2.25. The van der Waals surface area contributed by atoms with Crippen molar-refractivity contribution in [2.75, 3.05) is 24.7 Å². The highest BCUT2D eigenvalue weighted by Crippen LogP contribution is 2.43. The number of nitrogens with one attached hydrogen (secondary N) is 1. The number of fused-ring (bicyclic) bond motifs is 6. The van der Waals surface area contributed by atoms with Crippen molar-refractivity contribution in [1.82, 2.24) is 14.9 Å². The van der Waals surface area contributed by atoms with E-state index in [0.29, 0.717) is 46.1 Å². The first-order valence-electron chi connectivity index (χ1n) is 13.4. The van der Waals surface area contributed by atoms with Crippen LogP contribution in [-0.4, -0.2) is 44.2 Å². The maximum Gasteiger partial charge on any atom is 0.255 e. The minimum atomic E-state index is -3.71. The van der Waals surface area contributed by atoms with Crippen LogP contribution in [0.15, 0.2) is 83.3 Å². The number of benzene rings is 3. The lowest BCUT2D eigenvalue weighted by molar-refractivity contribution is 0.0964. The molecule has 3 aromatic heterocycles. The van der Waals surface area contributed by atoms with Gasteiger partial charge >= 0.3 is 0 Å². The van der Waals surface area contributed by atoms with E-state index in [1.807, 2.05) is 34.9 Å². The van der Waals surface area contributed by atoms with Crippen LogP contribution in [0.4, 0.5) is 10.1 Å². The standard InChI is InChI=1S/C32H25FN4O5S/c1-34-32(38)29-22-15-21(23-12-13-27-30(35-23)26-14-19-6-4-5-7-24(19)37(26)17-41-27)25(36(2)43(3,39)40)16-28(22)42-31(29)18-8-10-20(33)11-9-18/h4-16H,17H2,1-3H3,(H,34,38).